The molecule has 0 atom stereocenters. The van der Waals surface area contributed by atoms with Crippen molar-refractivity contribution in [2.75, 3.05) is 24.8 Å². The number of anilines is 1. The fourth-order valence-electron chi connectivity index (χ4n) is 3.48. The number of benzene rings is 1. The second-order valence-electron chi connectivity index (χ2n) is 8.00. The zero-order valence-corrected chi connectivity index (χ0v) is 18.9. The number of halogens is 1. The molecule has 162 valence electrons. The first kappa shape index (κ1) is 22.4. The predicted molar refractivity (Wildman–Crippen MR) is 120 cm³/mol. The van der Waals surface area contributed by atoms with E-state index in [1.54, 1.807) is 0 Å². The summed E-state index contributed by atoms with van der Waals surface area (Å²) >= 11 is 6.14. The number of aromatic nitrogens is 1. The Morgan fingerprint density at radius 2 is 1.90 bits per heavy atom. The summed E-state index contributed by atoms with van der Waals surface area (Å²) in [6, 6.07) is 5.50. The Hall–Kier alpha value is -2.31. The molecule has 1 aromatic heterocycles. The van der Waals surface area contributed by atoms with Crippen LogP contribution in [0.2, 0.25) is 5.02 Å². The third kappa shape index (κ3) is 5.43. The Morgan fingerprint density at radius 3 is 2.47 bits per heavy atom. The van der Waals surface area contributed by atoms with Crippen LogP contribution in [0.1, 0.15) is 53.4 Å². The molecule has 0 spiro atoms. The van der Waals surface area contributed by atoms with Gasteiger partial charge >= 0.3 is 0 Å². The number of rotatable bonds is 10. The highest BCUT2D eigenvalue weighted by atomic mass is 35.5. The molecule has 1 saturated carbocycles. The first-order chi connectivity index (χ1) is 14.3. The third-order valence-electron chi connectivity index (χ3n) is 5.10. The largest absolute Gasteiger partial charge is 0.438 e. The van der Waals surface area contributed by atoms with Gasteiger partial charge in [0.2, 0.25) is 5.88 Å². The lowest BCUT2D eigenvalue weighted by Gasteiger charge is -2.27. The van der Waals surface area contributed by atoms with E-state index in [9.17, 15) is 4.79 Å². The van der Waals surface area contributed by atoms with Crippen molar-refractivity contribution in [3.63, 3.8) is 0 Å². The minimum atomic E-state index is -0.583. The lowest BCUT2D eigenvalue weighted by molar-refractivity contribution is 0.0996. The minimum absolute atomic E-state index is 0.203. The van der Waals surface area contributed by atoms with Crippen LogP contribution < -0.4 is 15.4 Å². The van der Waals surface area contributed by atoms with E-state index in [-0.39, 0.29) is 11.4 Å². The molecule has 30 heavy (non-hydrogen) atoms. The average Bonchev–Trinajstić information content (AvgIpc) is 3.47. The molecule has 2 N–H and O–H groups in total. The summed E-state index contributed by atoms with van der Waals surface area (Å²) < 4.78 is 12.1. The van der Waals surface area contributed by atoms with Crippen LogP contribution in [0.25, 0.3) is 0 Å². The fraction of sp³-hybridized carbons (Fsp3) is 0.478. The Labute approximate surface area is 183 Å². The fourth-order valence-corrected chi connectivity index (χ4v) is 3.80. The van der Waals surface area contributed by atoms with Crippen molar-refractivity contribution in [1.82, 2.24) is 4.98 Å². The maximum Gasteiger partial charge on any atom is 0.256 e. The molecule has 3 rings (SSSR count). The summed E-state index contributed by atoms with van der Waals surface area (Å²) in [5.74, 6) is 0.908. The molecule has 0 radical (unpaired) electrons. The van der Waals surface area contributed by atoms with Crippen molar-refractivity contribution in [3.05, 3.63) is 45.6 Å². The van der Waals surface area contributed by atoms with Gasteiger partial charge in [-0.3, -0.25) is 4.79 Å². The van der Waals surface area contributed by atoms with Crippen LogP contribution >= 0.6 is 11.6 Å². The van der Waals surface area contributed by atoms with E-state index in [0.29, 0.717) is 29.1 Å². The van der Waals surface area contributed by atoms with E-state index in [0.717, 1.165) is 36.4 Å². The highest BCUT2D eigenvalue weighted by molar-refractivity contribution is 6.30. The van der Waals surface area contributed by atoms with Gasteiger partial charge in [0.1, 0.15) is 18.0 Å². The number of aryl methyl sites for hydroxylation is 3. The summed E-state index contributed by atoms with van der Waals surface area (Å²) in [5.41, 5.74) is 9.19. The maximum absolute atomic E-state index is 12.5. The molecular weight excluding hydrogens is 402 g/mol. The molecule has 1 aliphatic carbocycles. The molecule has 0 bridgehead atoms. The van der Waals surface area contributed by atoms with E-state index in [1.807, 2.05) is 43.9 Å². The lowest BCUT2D eigenvalue weighted by atomic mass is 10.1. The second kappa shape index (κ2) is 9.67. The number of hydrogen-bond acceptors (Lipinski definition) is 5. The second-order valence-corrected chi connectivity index (χ2v) is 8.44. The number of carbonyl (C=O) groups is 1. The van der Waals surface area contributed by atoms with E-state index in [1.165, 1.54) is 12.8 Å². The van der Waals surface area contributed by atoms with Crippen LogP contribution in [0.4, 0.5) is 5.69 Å². The molecule has 6 nitrogen and oxygen atoms in total. The number of ether oxygens (including phenoxy) is 2. The topological polar surface area (TPSA) is 77.7 Å². The van der Waals surface area contributed by atoms with Crippen molar-refractivity contribution in [3.8, 4) is 11.6 Å². The molecular formula is C23H30ClN3O3. The van der Waals surface area contributed by atoms with Gasteiger partial charge in [0.15, 0.2) is 0 Å². The maximum atomic E-state index is 12.5. The number of carbonyl (C=O) groups excluding carboxylic acids is 1. The molecule has 1 aliphatic rings. The summed E-state index contributed by atoms with van der Waals surface area (Å²) in [4.78, 5) is 19.0. The van der Waals surface area contributed by atoms with Crippen LogP contribution in [0.3, 0.4) is 0 Å². The van der Waals surface area contributed by atoms with Gasteiger partial charge in [0.05, 0.1) is 12.3 Å². The normalized spacial score (nSPS) is 13.4. The monoisotopic (exact) mass is 431 g/mol. The first-order valence-corrected chi connectivity index (χ1v) is 10.8. The smallest absolute Gasteiger partial charge is 0.256 e. The van der Waals surface area contributed by atoms with Crippen LogP contribution in [0.5, 0.6) is 11.6 Å². The molecule has 1 heterocycles. The quantitative estimate of drug-likeness (QED) is 0.526. The zero-order chi connectivity index (χ0) is 21.8. The van der Waals surface area contributed by atoms with Gasteiger partial charge in [-0.1, -0.05) is 18.5 Å². The Morgan fingerprint density at radius 1 is 1.23 bits per heavy atom. The number of nitrogens with two attached hydrogens (primary N) is 1. The summed E-state index contributed by atoms with van der Waals surface area (Å²) in [6.45, 7) is 9.64. The van der Waals surface area contributed by atoms with Crippen molar-refractivity contribution < 1.29 is 14.3 Å². The van der Waals surface area contributed by atoms with Crippen LogP contribution in [-0.2, 0) is 4.74 Å². The molecule has 0 aliphatic heterocycles. The van der Waals surface area contributed by atoms with Crippen molar-refractivity contribution >= 4 is 23.2 Å². The van der Waals surface area contributed by atoms with Crippen LogP contribution in [0.15, 0.2) is 18.2 Å². The number of primary amides is 1. The molecule has 0 unspecified atom stereocenters. The molecule has 7 heteroatoms. The van der Waals surface area contributed by atoms with Gasteiger partial charge in [-0.25, -0.2) is 4.98 Å². The van der Waals surface area contributed by atoms with Crippen molar-refractivity contribution in [1.29, 1.82) is 0 Å². The standard InChI is InChI=1S/C23H30ClN3O3/c1-5-8-27(13-29-12-17-6-7-17)19-11-16(4)26-23(20(19)22(25)28)30-21-14(2)9-18(24)10-15(21)3/h9-11,17H,5-8,12-13H2,1-4H3,(H2,25,28). The number of amides is 1. The van der Waals surface area contributed by atoms with Crippen LogP contribution in [0, 0.1) is 26.7 Å². The Kier molecular flexibility index (Phi) is 7.21. The van der Waals surface area contributed by atoms with E-state index in [4.69, 9.17) is 26.8 Å². The van der Waals surface area contributed by atoms with Gasteiger partial charge in [-0.2, -0.15) is 0 Å². The van der Waals surface area contributed by atoms with E-state index < -0.39 is 5.91 Å². The number of pyridine rings is 1. The number of nitrogens with zero attached hydrogens (tertiary/aromatic N) is 2. The van der Waals surface area contributed by atoms with Gasteiger partial charge in [-0.05, 0) is 75.3 Å². The van der Waals surface area contributed by atoms with E-state index >= 15 is 0 Å². The number of hydrogen-bond donors (Lipinski definition) is 1. The molecule has 1 aromatic carbocycles. The Bertz CT molecular complexity index is 905. The highest BCUT2D eigenvalue weighted by Crippen LogP contribution is 2.36. The average molecular weight is 432 g/mol. The van der Waals surface area contributed by atoms with Gasteiger partial charge in [-0.15, -0.1) is 0 Å². The van der Waals surface area contributed by atoms with Gasteiger partial charge < -0.3 is 20.1 Å². The summed E-state index contributed by atoms with van der Waals surface area (Å²) in [5, 5.41) is 0.632. The van der Waals surface area contributed by atoms with Gasteiger partial charge in [0, 0.05) is 17.3 Å². The minimum Gasteiger partial charge on any atom is -0.438 e. The first-order valence-electron chi connectivity index (χ1n) is 10.4. The summed E-state index contributed by atoms with van der Waals surface area (Å²) in [7, 11) is 0. The zero-order valence-electron chi connectivity index (χ0n) is 18.1. The lowest BCUT2D eigenvalue weighted by Crippen LogP contribution is -2.30. The Balaban J connectivity index is 1.99. The molecule has 1 amide bonds. The molecule has 1 fully saturated rings. The van der Waals surface area contributed by atoms with E-state index in [2.05, 4.69) is 11.9 Å². The van der Waals surface area contributed by atoms with Gasteiger partial charge in [0.25, 0.3) is 5.91 Å². The summed E-state index contributed by atoms with van der Waals surface area (Å²) in [6.07, 6.45) is 3.36. The SMILES string of the molecule is CCCN(COCC1CC1)c1cc(C)nc(Oc2c(C)cc(Cl)cc2C)c1C(N)=O. The predicted octanol–water partition coefficient (Wildman–Crippen LogP) is 5.15. The third-order valence-corrected chi connectivity index (χ3v) is 5.31. The van der Waals surface area contributed by atoms with Crippen LogP contribution in [-0.4, -0.2) is 30.8 Å². The van der Waals surface area contributed by atoms with Crippen molar-refractivity contribution in [2.24, 2.45) is 11.7 Å². The van der Waals surface area contributed by atoms with Crippen molar-refractivity contribution in [2.45, 2.75) is 47.0 Å². The molecule has 0 saturated heterocycles. The highest BCUT2D eigenvalue weighted by Gasteiger charge is 2.25. The molecule has 2 aromatic rings.